The summed E-state index contributed by atoms with van der Waals surface area (Å²) in [4.78, 5) is 7.19. The molecule has 0 aliphatic heterocycles. The molecular formula is C45H28N2O2. The van der Waals surface area contributed by atoms with Crippen LogP contribution in [-0.2, 0) is 0 Å². The fraction of sp³-hybridized carbons (Fsp3) is 0. The number of aromatic nitrogens is 1. The van der Waals surface area contributed by atoms with Crippen molar-refractivity contribution >= 4 is 71.6 Å². The predicted octanol–water partition coefficient (Wildman–Crippen LogP) is 12.8. The van der Waals surface area contributed by atoms with E-state index in [4.69, 9.17) is 13.8 Å². The molecule has 8 aromatic carbocycles. The summed E-state index contributed by atoms with van der Waals surface area (Å²) in [6.07, 6.45) is 0. The average Bonchev–Trinajstić information content (AvgIpc) is 3.75. The topological polar surface area (TPSA) is 42.4 Å². The normalized spacial score (nSPS) is 11.7. The first-order chi connectivity index (χ1) is 24.2. The van der Waals surface area contributed by atoms with Crippen LogP contribution in [0.1, 0.15) is 0 Å². The van der Waals surface area contributed by atoms with Crippen LogP contribution in [0.2, 0.25) is 0 Å². The van der Waals surface area contributed by atoms with E-state index in [9.17, 15) is 0 Å². The molecule has 10 aromatic rings. The molecule has 230 valence electrons. The van der Waals surface area contributed by atoms with Crippen molar-refractivity contribution in [3.05, 3.63) is 170 Å². The molecule has 0 amide bonds. The van der Waals surface area contributed by atoms with E-state index in [1.54, 1.807) is 0 Å². The molecule has 2 heterocycles. The predicted molar refractivity (Wildman–Crippen MR) is 202 cm³/mol. The van der Waals surface area contributed by atoms with E-state index >= 15 is 0 Å². The highest BCUT2D eigenvalue weighted by Crippen LogP contribution is 2.42. The maximum absolute atomic E-state index is 6.40. The average molecular weight is 629 g/mol. The smallest absolute Gasteiger partial charge is 0.227 e. The molecular weight excluding hydrogens is 601 g/mol. The van der Waals surface area contributed by atoms with Crippen molar-refractivity contribution in [2.24, 2.45) is 0 Å². The largest absolute Gasteiger partial charge is 0.456 e. The second-order valence-electron chi connectivity index (χ2n) is 12.4. The number of rotatable bonds is 5. The Hall–Kier alpha value is -6.65. The van der Waals surface area contributed by atoms with Gasteiger partial charge in [-0.2, -0.15) is 0 Å². The second-order valence-corrected chi connectivity index (χ2v) is 12.4. The van der Waals surface area contributed by atoms with Gasteiger partial charge >= 0.3 is 0 Å². The number of furan rings is 1. The summed E-state index contributed by atoms with van der Waals surface area (Å²) in [5, 5.41) is 6.92. The molecule has 0 radical (unpaired) electrons. The summed E-state index contributed by atoms with van der Waals surface area (Å²) < 4.78 is 12.6. The molecule has 4 nitrogen and oxygen atoms in total. The van der Waals surface area contributed by atoms with Crippen molar-refractivity contribution in [2.75, 3.05) is 4.90 Å². The van der Waals surface area contributed by atoms with Crippen LogP contribution in [0.15, 0.2) is 179 Å². The summed E-state index contributed by atoms with van der Waals surface area (Å²) in [6.45, 7) is 0. The molecule has 0 saturated heterocycles. The third kappa shape index (κ3) is 4.65. The van der Waals surface area contributed by atoms with Gasteiger partial charge in [-0.15, -0.1) is 0 Å². The van der Waals surface area contributed by atoms with Crippen molar-refractivity contribution < 1.29 is 8.83 Å². The van der Waals surface area contributed by atoms with E-state index in [1.807, 2.05) is 36.4 Å². The molecule has 10 rings (SSSR count). The molecule has 0 saturated carbocycles. The Morgan fingerprint density at radius 1 is 0.367 bits per heavy atom. The van der Waals surface area contributed by atoms with Gasteiger partial charge in [0.1, 0.15) is 16.7 Å². The molecule has 0 aliphatic carbocycles. The highest BCUT2D eigenvalue weighted by atomic mass is 16.4. The van der Waals surface area contributed by atoms with Gasteiger partial charge in [0.2, 0.25) is 5.89 Å². The Morgan fingerprint density at radius 3 is 1.84 bits per heavy atom. The third-order valence-corrected chi connectivity index (χ3v) is 9.44. The van der Waals surface area contributed by atoms with E-state index < -0.39 is 0 Å². The standard InChI is InChI=1S/C45H28N2O2/c1-3-10-29(11-4-1)33-15-9-16-34(24-33)47(35-21-20-31-19-18-30-12-7-8-17-37(30)38(31)25-35)36-22-23-42-39(26-36)40-27-41-44(28-43(40)48-42)49-45(46-41)32-13-5-2-6-14-32/h1-28H. The van der Waals surface area contributed by atoms with Crippen LogP contribution in [0.4, 0.5) is 17.1 Å². The molecule has 0 aliphatic rings. The number of oxazole rings is 1. The molecule has 0 atom stereocenters. The summed E-state index contributed by atoms with van der Waals surface area (Å²) in [6, 6.07) is 59.5. The van der Waals surface area contributed by atoms with Crippen molar-refractivity contribution in [2.45, 2.75) is 0 Å². The van der Waals surface area contributed by atoms with Gasteiger partial charge in [-0.05, 0) is 93.3 Å². The lowest BCUT2D eigenvalue weighted by Gasteiger charge is -2.26. The van der Waals surface area contributed by atoms with Crippen molar-refractivity contribution in [1.82, 2.24) is 4.98 Å². The van der Waals surface area contributed by atoms with Crippen molar-refractivity contribution in [1.29, 1.82) is 0 Å². The second kappa shape index (κ2) is 11.0. The van der Waals surface area contributed by atoms with E-state index in [0.717, 1.165) is 55.6 Å². The Balaban J connectivity index is 1.17. The molecule has 2 aromatic heterocycles. The zero-order valence-corrected chi connectivity index (χ0v) is 26.4. The zero-order chi connectivity index (χ0) is 32.3. The number of hydrogen-bond donors (Lipinski definition) is 0. The minimum atomic E-state index is 0.599. The van der Waals surface area contributed by atoms with Gasteiger partial charge in [0.05, 0.1) is 0 Å². The van der Waals surface area contributed by atoms with E-state index in [-0.39, 0.29) is 0 Å². The van der Waals surface area contributed by atoms with Crippen LogP contribution in [0.3, 0.4) is 0 Å². The van der Waals surface area contributed by atoms with E-state index in [1.165, 1.54) is 27.1 Å². The quantitative estimate of drug-likeness (QED) is 0.178. The van der Waals surface area contributed by atoms with Gasteiger partial charge in [0.15, 0.2) is 5.58 Å². The zero-order valence-electron chi connectivity index (χ0n) is 26.4. The van der Waals surface area contributed by atoms with E-state index in [0.29, 0.717) is 11.5 Å². The molecule has 0 spiro atoms. The fourth-order valence-electron chi connectivity index (χ4n) is 7.06. The van der Waals surface area contributed by atoms with Crippen LogP contribution < -0.4 is 4.90 Å². The maximum atomic E-state index is 6.40. The number of nitrogens with zero attached hydrogens (tertiary/aromatic N) is 2. The van der Waals surface area contributed by atoms with Crippen LogP contribution >= 0.6 is 0 Å². The highest BCUT2D eigenvalue weighted by molar-refractivity contribution is 6.11. The summed E-state index contributed by atoms with van der Waals surface area (Å²) in [5.41, 5.74) is 9.55. The Kier molecular flexibility index (Phi) is 6.15. The molecule has 0 bridgehead atoms. The molecule has 0 unspecified atom stereocenters. The van der Waals surface area contributed by atoms with Crippen molar-refractivity contribution in [3.8, 4) is 22.6 Å². The number of anilines is 3. The monoisotopic (exact) mass is 628 g/mol. The minimum Gasteiger partial charge on any atom is -0.456 e. The Morgan fingerprint density at radius 2 is 1.00 bits per heavy atom. The number of fused-ring (bicyclic) bond motifs is 7. The third-order valence-electron chi connectivity index (χ3n) is 9.44. The number of benzene rings is 8. The maximum Gasteiger partial charge on any atom is 0.227 e. The van der Waals surface area contributed by atoms with Gasteiger partial charge in [-0.1, -0.05) is 103 Å². The molecule has 4 heteroatoms. The van der Waals surface area contributed by atoms with E-state index in [2.05, 4.69) is 138 Å². The molecule has 49 heavy (non-hydrogen) atoms. The number of hydrogen-bond acceptors (Lipinski definition) is 4. The highest BCUT2D eigenvalue weighted by Gasteiger charge is 2.19. The van der Waals surface area contributed by atoms with Gasteiger partial charge in [0, 0.05) is 39.5 Å². The van der Waals surface area contributed by atoms with Crippen LogP contribution in [0.25, 0.3) is 77.2 Å². The molecule has 0 N–H and O–H groups in total. The lowest BCUT2D eigenvalue weighted by molar-refractivity contribution is 0.617. The Bertz CT molecular complexity index is 2830. The summed E-state index contributed by atoms with van der Waals surface area (Å²) >= 11 is 0. The summed E-state index contributed by atoms with van der Waals surface area (Å²) in [7, 11) is 0. The Labute approximate surface area is 282 Å². The first-order valence-corrected chi connectivity index (χ1v) is 16.4. The van der Waals surface area contributed by atoms with Crippen molar-refractivity contribution in [3.63, 3.8) is 0 Å². The van der Waals surface area contributed by atoms with Gasteiger partial charge in [0.25, 0.3) is 0 Å². The van der Waals surface area contributed by atoms with Crippen LogP contribution in [-0.4, -0.2) is 4.98 Å². The fourth-order valence-corrected chi connectivity index (χ4v) is 7.06. The molecule has 0 fully saturated rings. The van der Waals surface area contributed by atoms with Crippen LogP contribution in [0.5, 0.6) is 0 Å². The first-order valence-electron chi connectivity index (χ1n) is 16.4. The first kappa shape index (κ1) is 27.5. The lowest BCUT2D eigenvalue weighted by Crippen LogP contribution is -2.10. The van der Waals surface area contributed by atoms with Gasteiger partial charge in [-0.25, -0.2) is 4.98 Å². The van der Waals surface area contributed by atoms with Gasteiger partial charge < -0.3 is 13.7 Å². The minimum absolute atomic E-state index is 0.599. The van der Waals surface area contributed by atoms with Gasteiger partial charge in [-0.3, -0.25) is 0 Å². The summed E-state index contributed by atoms with van der Waals surface area (Å²) in [5.74, 6) is 0.599. The van der Waals surface area contributed by atoms with Crippen LogP contribution in [0, 0.1) is 0 Å². The SMILES string of the molecule is c1ccc(-c2cccc(N(c3ccc4ccc5ccccc5c4c3)c3ccc4oc5cc6oc(-c7ccccc7)nc6cc5c4c3)c2)cc1. The lowest BCUT2D eigenvalue weighted by atomic mass is 10.0.